The maximum atomic E-state index is 11.6. The molecule has 0 bridgehead atoms. The molecule has 1 aliphatic rings. The molecule has 3 aromatic rings. The van der Waals surface area contributed by atoms with Crippen molar-refractivity contribution < 1.29 is 19.0 Å². The van der Waals surface area contributed by atoms with Crippen LogP contribution in [0.1, 0.15) is 30.0 Å². The summed E-state index contributed by atoms with van der Waals surface area (Å²) in [5.74, 6) is 0.148. The Morgan fingerprint density at radius 1 is 0.857 bits per heavy atom. The molecule has 4 rings (SSSR count). The van der Waals surface area contributed by atoms with E-state index in [2.05, 4.69) is 0 Å². The largest absolute Gasteiger partial charge is 0.466 e. The van der Waals surface area contributed by atoms with E-state index in [4.69, 9.17) is 14.2 Å². The van der Waals surface area contributed by atoms with Gasteiger partial charge >= 0.3 is 11.8 Å². The maximum Gasteiger partial charge on any atom is 0.306 e. The first-order chi connectivity index (χ1) is 13.7. The summed E-state index contributed by atoms with van der Waals surface area (Å²) in [6, 6.07) is 25.7. The first-order valence-electron chi connectivity index (χ1n) is 9.49. The van der Waals surface area contributed by atoms with Gasteiger partial charge in [0.15, 0.2) is 11.5 Å². The zero-order valence-electron chi connectivity index (χ0n) is 15.8. The predicted molar refractivity (Wildman–Crippen MR) is 106 cm³/mol. The number of hydrogen-bond donors (Lipinski definition) is 0. The van der Waals surface area contributed by atoms with E-state index in [1.165, 1.54) is 0 Å². The van der Waals surface area contributed by atoms with Crippen molar-refractivity contribution in [2.45, 2.75) is 25.6 Å². The molecule has 4 nitrogen and oxygen atoms in total. The van der Waals surface area contributed by atoms with Gasteiger partial charge in [-0.3, -0.25) is 4.79 Å². The summed E-state index contributed by atoms with van der Waals surface area (Å²) < 4.78 is 17.8. The molecule has 0 N–H and O–H groups in total. The average Bonchev–Trinajstić information content (AvgIpc) is 3.14. The highest BCUT2D eigenvalue weighted by Crippen LogP contribution is 2.47. The Labute approximate surface area is 164 Å². The average molecular weight is 374 g/mol. The van der Waals surface area contributed by atoms with Crippen LogP contribution in [0, 0.1) is 0 Å². The van der Waals surface area contributed by atoms with Crippen molar-refractivity contribution in [2.24, 2.45) is 0 Å². The fraction of sp³-hybridized carbons (Fsp3) is 0.208. The number of fused-ring (bicyclic) bond motifs is 1. The summed E-state index contributed by atoms with van der Waals surface area (Å²) in [7, 11) is 0. The van der Waals surface area contributed by atoms with Gasteiger partial charge in [0, 0.05) is 17.5 Å². The maximum absolute atomic E-state index is 11.6. The van der Waals surface area contributed by atoms with Crippen LogP contribution in [0.15, 0.2) is 78.9 Å². The SMILES string of the molecule is CCOC(=O)CCc1ccc2c(c1)OC(c1ccccc1)(c1ccccc1)O2. The number of benzene rings is 3. The molecule has 0 spiro atoms. The molecule has 0 saturated carbocycles. The number of carbonyl (C=O) groups excluding carboxylic acids is 1. The van der Waals surface area contributed by atoms with Gasteiger partial charge in [0.25, 0.3) is 0 Å². The highest BCUT2D eigenvalue weighted by molar-refractivity contribution is 5.69. The van der Waals surface area contributed by atoms with Crippen LogP contribution in [0.3, 0.4) is 0 Å². The van der Waals surface area contributed by atoms with Crippen LogP contribution >= 0.6 is 0 Å². The van der Waals surface area contributed by atoms with E-state index >= 15 is 0 Å². The molecule has 0 saturated heterocycles. The third-order valence-corrected chi connectivity index (χ3v) is 4.75. The van der Waals surface area contributed by atoms with Gasteiger partial charge in [-0.25, -0.2) is 0 Å². The molecule has 3 aromatic carbocycles. The van der Waals surface area contributed by atoms with Crippen LogP contribution in [0.5, 0.6) is 11.5 Å². The van der Waals surface area contributed by atoms with Crippen molar-refractivity contribution in [3.8, 4) is 11.5 Å². The number of carbonyl (C=O) groups is 1. The number of rotatable bonds is 6. The van der Waals surface area contributed by atoms with Gasteiger partial charge < -0.3 is 14.2 Å². The molecule has 1 aliphatic heterocycles. The molecule has 142 valence electrons. The molecule has 0 fully saturated rings. The molecule has 1 heterocycles. The number of esters is 1. The highest BCUT2D eigenvalue weighted by Gasteiger charge is 2.45. The number of hydrogen-bond acceptors (Lipinski definition) is 4. The van der Waals surface area contributed by atoms with Gasteiger partial charge in [0.05, 0.1) is 6.61 Å². The van der Waals surface area contributed by atoms with E-state index in [1.807, 2.05) is 85.8 Å². The topological polar surface area (TPSA) is 44.8 Å². The Balaban J connectivity index is 1.64. The monoisotopic (exact) mass is 374 g/mol. The van der Waals surface area contributed by atoms with Gasteiger partial charge in [0.2, 0.25) is 0 Å². The Hall–Kier alpha value is -3.27. The minimum absolute atomic E-state index is 0.192. The van der Waals surface area contributed by atoms with Crippen molar-refractivity contribution in [2.75, 3.05) is 6.61 Å². The minimum atomic E-state index is -1.02. The number of aryl methyl sites for hydroxylation is 1. The smallest absolute Gasteiger partial charge is 0.306 e. The first-order valence-corrected chi connectivity index (χ1v) is 9.49. The normalized spacial score (nSPS) is 13.9. The summed E-state index contributed by atoms with van der Waals surface area (Å²) in [6.45, 7) is 2.21. The van der Waals surface area contributed by atoms with Gasteiger partial charge in [-0.1, -0.05) is 66.7 Å². The van der Waals surface area contributed by atoms with Crippen molar-refractivity contribution in [3.05, 3.63) is 95.6 Å². The molecule has 0 atom stereocenters. The van der Waals surface area contributed by atoms with Crippen molar-refractivity contribution >= 4 is 5.97 Å². The zero-order chi connectivity index (χ0) is 19.4. The standard InChI is InChI=1S/C24H22O4/c1-2-26-23(25)16-14-18-13-15-21-22(17-18)28-24(27-21,19-9-5-3-6-10-19)20-11-7-4-8-12-20/h3-13,15,17H,2,14,16H2,1H3. The minimum Gasteiger partial charge on any atom is -0.466 e. The second-order valence-electron chi connectivity index (χ2n) is 6.64. The summed E-state index contributed by atoms with van der Waals surface area (Å²) in [4.78, 5) is 11.6. The lowest BCUT2D eigenvalue weighted by Crippen LogP contribution is -2.36. The third-order valence-electron chi connectivity index (χ3n) is 4.75. The second kappa shape index (κ2) is 7.77. The lowest BCUT2D eigenvalue weighted by Gasteiger charge is -2.28. The Morgan fingerprint density at radius 3 is 2.07 bits per heavy atom. The molecule has 0 aliphatic carbocycles. The predicted octanol–water partition coefficient (Wildman–Crippen LogP) is 4.85. The Bertz CT molecular complexity index is 911. The van der Waals surface area contributed by atoms with Crippen molar-refractivity contribution in [1.82, 2.24) is 0 Å². The van der Waals surface area contributed by atoms with Crippen LogP contribution < -0.4 is 9.47 Å². The van der Waals surface area contributed by atoms with Gasteiger partial charge in [-0.05, 0) is 31.0 Å². The molecule has 0 amide bonds. The fourth-order valence-corrected chi connectivity index (χ4v) is 3.40. The van der Waals surface area contributed by atoms with E-state index in [1.54, 1.807) is 0 Å². The molecule has 4 heteroatoms. The molecular formula is C24H22O4. The van der Waals surface area contributed by atoms with Crippen LogP contribution in [-0.2, 0) is 21.7 Å². The van der Waals surface area contributed by atoms with Crippen LogP contribution in [0.2, 0.25) is 0 Å². The summed E-state index contributed by atoms with van der Waals surface area (Å²) >= 11 is 0. The first kappa shape index (κ1) is 18.1. The quantitative estimate of drug-likeness (QED) is 0.578. The highest BCUT2D eigenvalue weighted by atomic mass is 16.7. The van der Waals surface area contributed by atoms with Crippen molar-refractivity contribution in [3.63, 3.8) is 0 Å². The van der Waals surface area contributed by atoms with E-state index in [9.17, 15) is 4.79 Å². The summed E-state index contributed by atoms with van der Waals surface area (Å²) in [6.07, 6.45) is 0.940. The van der Waals surface area contributed by atoms with Gasteiger partial charge in [0.1, 0.15) is 0 Å². The van der Waals surface area contributed by atoms with Crippen LogP contribution in [0.25, 0.3) is 0 Å². The third kappa shape index (κ3) is 3.46. The second-order valence-corrected chi connectivity index (χ2v) is 6.64. The van der Waals surface area contributed by atoms with Crippen LogP contribution in [0.4, 0.5) is 0 Å². The summed E-state index contributed by atoms with van der Waals surface area (Å²) in [5.41, 5.74) is 2.85. The molecule has 0 aromatic heterocycles. The van der Waals surface area contributed by atoms with E-state index in [0.29, 0.717) is 30.9 Å². The molecule has 0 radical (unpaired) electrons. The lowest BCUT2D eigenvalue weighted by molar-refractivity contribution is -0.143. The Kier molecular flexibility index (Phi) is 5.02. The van der Waals surface area contributed by atoms with E-state index in [-0.39, 0.29) is 5.97 Å². The zero-order valence-corrected chi connectivity index (χ0v) is 15.8. The van der Waals surface area contributed by atoms with Gasteiger partial charge in [-0.15, -0.1) is 0 Å². The lowest BCUT2D eigenvalue weighted by atomic mass is 9.97. The number of ether oxygens (including phenoxy) is 3. The summed E-state index contributed by atoms with van der Waals surface area (Å²) in [5, 5.41) is 0. The van der Waals surface area contributed by atoms with Crippen LogP contribution in [-0.4, -0.2) is 12.6 Å². The molecule has 0 unspecified atom stereocenters. The fourth-order valence-electron chi connectivity index (χ4n) is 3.40. The van der Waals surface area contributed by atoms with E-state index < -0.39 is 5.79 Å². The van der Waals surface area contributed by atoms with Gasteiger partial charge in [-0.2, -0.15) is 0 Å². The Morgan fingerprint density at radius 2 is 1.46 bits per heavy atom. The molecular weight excluding hydrogens is 352 g/mol. The molecule has 28 heavy (non-hydrogen) atoms. The van der Waals surface area contributed by atoms with Crippen molar-refractivity contribution in [1.29, 1.82) is 0 Å². The van der Waals surface area contributed by atoms with E-state index in [0.717, 1.165) is 16.7 Å².